The molecule has 0 aromatic rings. The van der Waals surface area contributed by atoms with Crippen molar-refractivity contribution in [1.29, 1.82) is 0 Å². The summed E-state index contributed by atoms with van der Waals surface area (Å²) < 4.78 is 10.6. The molecule has 0 N–H and O–H groups in total. The largest absolute Gasteiger partial charge is 0.381 e. The van der Waals surface area contributed by atoms with Crippen molar-refractivity contribution in [2.24, 2.45) is 11.8 Å². The summed E-state index contributed by atoms with van der Waals surface area (Å²) in [5, 5.41) is 0. The summed E-state index contributed by atoms with van der Waals surface area (Å²) >= 11 is 0. The predicted octanol–water partition coefficient (Wildman–Crippen LogP) is 2.09. The Bertz CT molecular complexity index is 104. The Kier molecular flexibility index (Phi) is 4.62. The maximum atomic E-state index is 5.53. The molecule has 0 amide bonds. The van der Waals surface area contributed by atoms with Crippen molar-refractivity contribution >= 4 is 0 Å². The van der Waals surface area contributed by atoms with Crippen LogP contribution in [0.15, 0.2) is 0 Å². The van der Waals surface area contributed by atoms with Gasteiger partial charge in [-0.3, -0.25) is 0 Å². The van der Waals surface area contributed by atoms with E-state index in [1.165, 1.54) is 12.8 Å². The maximum Gasteiger partial charge on any atom is 0.0538 e. The van der Waals surface area contributed by atoms with Crippen molar-refractivity contribution in [2.45, 2.75) is 26.7 Å². The predicted molar refractivity (Wildman–Crippen MR) is 49.2 cm³/mol. The highest BCUT2D eigenvalue weighted by molar-refractivity contribution is 4.63. The summed E-state index contributed by atoms with van der Waals surface area (Å²) in [4.78, 5) is 0. The first-order valence-electron chi connectivity index (χ1n) is 4.98. The molecule has 1 saturated heterocycles. The van der Waals surface area contributed by atoms with E-state index in [-0.39, 0.29) is 0 Å². The molecule has 0 aliphatic carbocycles. The molecule has 72 valence electrons. The van der Waals surface area contributed by atoms with Crippen molar-refractivity contribution in [2.75, 3.05) is 26.4 Å². The fourth-order valence-corrected chi connectivity index (χ4v) is 1.12. The molecule has 2 nitrogen and oxygen atoms in total. The second-order valence-corrected chi connectivity index (χ2v) is 3.78. The third kappa shape index (κ3) is 3.55. The van der Waals surface area contributed by atoms with Gasteiger partial charge in [-0.1, -0.05) is 20.3 Å². The third-order valence-corrected chi connectivity index (χ3v) is 2.51. The number of rotatable bonds is 6. The topological polar surface area (TPSA) is 18.5 Å². The molecule has 2 heteroatoms. The van der Waals surface area contributed by atoms with E-state index in [1.54, 1.807) is 0 Å². The van der Waals surface area contributed by atoms with Crippen LogP contribution in [0.3, 0.4) is 0 Å². The van der Waals surface area contributed by atoms with Gasteiger partial charge < -0.3 is 9.47 Å². The summed E-state index contributed by atoms with van der Waals surface area (Å²) in [6, 6.07) is 0. The van der Waals surface area contributed by atoms with Gasteiger partial charge in [-0.05, 0) is 12.3 Å². The molecular weight excluding hydrogens is 152 g/mol. The smallest absolute Gasteiger partial charge is 0.0538 e. The third-order valence-electron chi connectivity index (χ3n) is 2.51. The lowest BCUT2D eigenvalue weighted by Crippen LogP contribution is -2.31. The summed E-state index contributed by atoms with van der Waals surface area (Å²) in [5.41, 5.74) is 0. The van der Waals surface area contributed by atoms with Gasteiger partial charge in [0.25, 0.3) is 0 Å². The molecule has 0 aromatic heterocycles. The average Bonchev–Trinajstić information content (AvgIpc) is 2.00. The highest BCUT2D eigenvalue weighted by Gasteiger charge is 2.17. The van der Waals surface area contributed by atoms with E-state index in [0.717, 1.165) is 32.3 Å². The first kappa shape index (κ1) is 10.0. The van der Waals surface area contributed by atoms with E-state index in [1.807, 2.05) is 0 Å². The van der Waals surface area contributed by atoms with Gasteiger partial charge in [0.15, 0.2) is 0 Å². The van der Waals surface area contributed by atoms with E-state index < -0.39 is 0 Å². The Morgan fingerprint density at radius 3 is 2.75 bits per heavy atom. The lowest BCUT2D eigenvalue weighted by Gasteiger charge is -2.25. The molecule has 1 aliphatic heterocycles. The Hall–Kier alpha value is -0.0800. The van der Waals surface area contributed by atoms with Crippen LogP contribution >= 0.6 is 0 Å². The Balaban J connectivity index is 1.82. The van der Waals surface area contributed by atoms with Crippen LogP contribution in [0.1, 0.15) is 26.7 Å². The SMILES string of the molecule is CCC(C)CCOCC1COC1. The first-order valence-corrected chi connectivity index (χ1v) is 4.98. The number of hydrogen-bond acceptors (Lipinski definition) is 2. The zero-order valence-electron chi connectivity index (χ0n) is 8.21. The molecule has 1 rings (SSSR count). The fourth-order valence-electron chi connectivity index (χ4n) is 1.12. The molecule has 1 atom stereocenters. The molecule has 1 fully saturated rings. The van der Waals surface area contributed by atoms with E-state index >= 15 is 0 Å². The highest BCUT2D eigenvalue weighted by atomic mass is 16.5. The van der Waals surface area contributed by atoms with Crippen LogP contribution in [-0.4, -0.2) is 26.4 Å². The van der Waals surface area contributed by atoms with E-state index in [0.29, 0.717) is 5.92 Å². The lowest BCUT2D eigenvalue weighted by atomic mass is 10.1. The summed E-state index contributed by atoms with van der Waals surface area (Å²) in [6.07, 6.45) is 2.46. The molecule has 12 heavy (non-hydrogen) atoms. The van der Waals surface area contributed by atoms with E-state index in [4.69, 9.17) is 9.47 Å². The van der Waals surface area contributed by atoms with Crippen molar-refractivity contribution in [3.05, 3.63) is 0 Å². The summed E-state index contributed by atoms with van der Waals surface area (Å²) in [5.74, 6) is 1.49. The zero-order valence-corrected chi connectivity index (χ0v) is 8.21. The molecule has 1 unspecified atom stereocenters. The van der Waals surface area contributed by atoms with E-state index in [2.05, 4.69) is 13.8 Å². The van der Waals surface area contributed by atoms with Gasteiger partial charge in [0.2, 0.25) is 0 Å². The van der Waals surface area contributed by atoms with Crippen LogP contribution in [0.5, 0.6) is 0 Å². The highest BCUT2D eigenvalue weighted by Crippen LogP contribution is 2.11. The lowest BCUT2D eigenvalue weighted by molar-refractivity contribution is -0.0725. The van der Waals surface area contributed by atoms with Crippen molar-refractivity contribution in [1.82, 2.24) is 0 Å². The van der Waals surface area contributed by atoms with Gasteiger partial charge in [-0.2, -0.15) is 0 Å². The minimum atomic E-state index is 0.682. The molecule has 0 aromatic carbocycles. The molecular formula is C10H20O2. The fraction of sp³-hybridized carbons (Fsp3) is 1.00. The van der Waals surface area contributed by atoms with Gasteiger partial charge in [0.05, 0.1) is 19.8 Å². The second-order valence-electron chi connectivity index (χ2n) is 3.78. The molecule has 1 aliphatic rings. The summed E-state index contributed by atoms with van der Waals surface area (Å²) in [7, 11) is 0. The van der Waals surface area contributed by atoms with Crippen LogP contribution in [0.25, 0.3) is 0 Å². The van der Waals surface area contributed by atoms with Gasteiger partial charge in [0.1, 0.15) is 0 Å². The van der Waals surface area contributed by atoms with Crippen molar-refractivity contribution in [3.8, 4) is 0 Å². The number of hydrogen-bond donors (Lipinski definition) is 0. The molecule has 0 radical (unpaired) electrons. The van der Waals surface area contributed by atoms with Gasteiger partial charge in [-0.15, -0.1) is 0 Å². The van der Waals surface area contributed by atoms with Crippen LogP contribution in [-0.2, 0) is 9.47 Å². The quantitative estimate of drug-likeness (QED) is 0.571. The Morgan fingerprint density at radius 2 is 2.25 bits per heavy atom. The van der Waals surface area contributed by atoms with Gasteiger partial charge in [0, 0.05) is 12.5 Å². The van der Waals surface area contributed by atoms with Gasteiger partial charge in [-0.25, -0.2) is 0 Å². The minimum Gasteiger partial charge on any atom is -0.381 e. The first-order chi connectivity index (χ1) is 5.83. The van der Waals surface area contributed by atoms with Crippen molar-refractivity contribution in [3.63, 3.8) is 0 Å². The van der Waals surface area contributed by atoms with E-state index in [9.17, 15) is 0 Å². The standard InChI is InChI=1S/C10H20O2/c1-3-9(2)4-5-11-6-10-7-12-8-10/h9-10H,3-8H2,1-2H3. The Labute approximate surface area is 75.2 Å². The minimum absolute atomic E-state index is 0.682. The van der Waals surface area contributed by atoms with Crippen molar-refractivity contribution < 1.29 is 9.47 Å². The molecule has 0 bridgehead atoms. The Morgan fingerprint density at radius 1 is 1.50 bits per heavy atom. The van der Waals surface area contributed by atoms with Crippen LogP contribution in [0.2, 0.25) is 0 Å². The zero-order chi connectivity index (χ0) is 8.81. The normalized spacial score (nSPS) is 20.5. The molecule has 0 saturated carbocycles. The summed E-state index contributed by atoms with van der Waals surface area (Å²) in [6.45, 7) is 8.13. The van der Waals surface area contributed by atoms with Gasteiger partial charge >= 0.3 is 0 Å². The molecule has 0 spiro atoms. The van der Waals surface area contributed by atoms with Crippen LogP contribution in [0, 0.1) is 11.8 Å². The van der Waals surface area contributed by atoms with Crippen LogP contribution in [0.4, 0.5) is 0 Å². The maximum absolute atomic E-state index is 5.53. The molecule has 1 heterocycles. The van der Waals surface area contributed by atoms with Crippen LogP contribution < -0.4 is 0 Å². The second kappa shape index (κ2) is 5.55. The number of ether oxygens (including phenoxy) is 2. The monoisotopic (exact) mass is 172 g/mol. The average molecular weight is 172 g/mol.